The van der Waals surface area contributed by atoms with E-state index in [1.807, 2.05) is 59.5 Å². The Morgan fingerprint density at radius 3 is 2.25 bits per heavy atom. The van der Waals surface area contributed by atoms with Gasteiger partial charge >= 0.3 is 11.9 Å². The van der Waals surface area contributed by atoms with E-state index in [1.54, 1.807) is 0 Å². The largest absolute Gasteiger partial charge is 0.481 e. The minimum absolute atomic E-state index is 0.401. The van der Waals surface area contributed by atoms with Crippen LogP contribution in [0.4, 0.5) is 0 Å². The molecular weight excluding hydrogens is 356 g/mol. The average Bonchev–Trinajstić information content (AvgIpc) is 3.08. The molecule has 0 radical (unpaired) electrons. The zero-order valence-electron chi connectivity index (χ0n) is 15.3. The molecule has 28 heavy (non-hydrogen) atoms. The molecule has 1 aliphatic rings. The van der Waals surface area contributed by atoms with Crippen LogP contribution in [0.2, 0.25) is 0 Å². The lowest BCUT2D eigenvalue weighted by Gasteiger charge is -2.34. The zero-order valence-corrected chi connectivity index (χ0v) is 15.3. The van der Waals surface area contributed by atoms with E-state index < -0.39 is 23.9 Å². The predicted octanol–water partition coefficient (Wildman–Crippen LogP) is 3.76. The first-order valence-electron chi connectivity index (χ1n) is 9.42. The van der Waals surface area contributed by atoms with Crippen molar-refractivity contribution < 1.29 is 19.8 Å². The summed E-state index contributed by atoms with van der Waals surface area (Å²) in [5.74, 6) is -2.12. The molecule has 0 aliphatic carbocycles. The third-order valence-electron chi connectivity index (χ3n) is 5.56. The van der Waals surface area contributed by atoms with Gasteiger partial charge in [0.25, 0.3) is 0 Å². The lowest BCUT2D eigenvalue weighted by Crippen LogP contribution is -2.41. The van der Waals surface area contributed by atoms with Crippen LogP contribution in [0.3, 0.4) is 0 Å². The highest BCUT2D eigenvalue weighted by Gasteiger charge is 2.36. The second-order valence-corrected chi connectivity index (χ2v) is 7.21. The van der Waals surface area contributed by atoms with Gasteiger partial charge in [-0.15, -0.1) is 0 Å². The maximum absolute atomic E-state index is 12.4. The second kappa shape index (κ2) is 7.48. The van der Waals surface area contributed by atoms with E-state index in [4.69, 9.17) is 0 Å². The average molecular weight is 378 g/mol. The Kier molecular flexibility index (Phi) is 4.88. The molecule has 6 heteroatoms. The Labute approximate surface area is 162 Å². The number of para-hydroxylation sites is 1. The standard InChI is InChI=1S/C22H22N2O4/c25-21(26)15-10-12-24(13-11-15)20(22(27)28)18-16-8-4-5-9-17(16)23-19(18)14-6-2-1-3-7-14/h1-9,15,20,23H,10-13H2,(H,25,26)(H,27,28)/t20-/m1/s1. The zero-order chi connectivity index (χ0) is 19.7. The highest BCUT2D eigenvalue weighted by Crippen LogP contribution is 2.38. The predicted molar refractivity (Wildman–Crippen MR) is 106 cm³/mol. The molecule has 3 N–H and O–H groups in total. The van der Waals surface area contributed by atoms with Crippen LogP contribution in [0.5, 0.6) is 0 Å². The van der Waals surface area contributed by atoms with Gasteiger partial charge in [-0.2, -0.15) is 0 Å². The summed E-state index contributed by atoms with van der Waals surface area (Å²) < 4.78 is 0. The van der Waals surface area contributed by atoms with Crippen molar-refractivity contribution in [2.75, 3.05) is 13.1 Å². The fourth-order valence-electron chi connectivity index (χ4n) is 4.15. The number of aliphatic carboxylic acids is 2. The number of hydrogen-bond donors (Lipinski definition) is 3. The molecule has 2 aromatic carbocycles. The number of carboxylic acids is 2. The van der Waals surface area contributed by atoms with Crippen LogP contribution in [0.25, 0.3) is 22.2 Å². The number of likely N-dealkylation sites (tertiary alicyclic amines) is 1. The van der Waals surface area contributed by atoms with Gasteiger partial charge in [-0.1, -0.05) is 48.5 Å². The monoisotopic (exact) mass is 378 g/mol. The van der Waals surface area contributed by atoms with Crippen molar-refractivity contribution >= 4 is 22.8 Å². The number of hydrogen-bond acceptors (Lipinski definition) is 3. The number of carboxylic acid groups (broad SMARTS) is 2. The van der Waals surface area contributed by atoms with Gasteiger partial charge in [0.05, 0.1) is 11.6 Å². The van der Waals surface area contributed by atoms with Crippen molar-refractivity contribution in [2.45, 2.75) is 18.9 Å². The fourth-order valence-corrected chi connectivity index (χ4v) is 4.15. The van der Waals surface area contributed by atoms with Crippen molar-refractivity contribution in [2.24, 2.45) is 5.92 Å². The molecule has 0 saturated carbocycles. The second-order valence-electron chi connectivity index (χ2n) is 7.21. The van der Waals surface area contributed by atoms with Gasteiger partial charge in [0.2, 0.25) is 0 Å². The summed E-state index contributed by atoms with van der Waals surface area (Å²) >= 11 is 0. The summed E-state index contributed by atoms with van der Waals surface area (Å²) in [6.07, 6.45) is 0.921. The molecule has 6 nitrogen and oxygen atoms in total. The molecule has 1 aromatic heterocycles. The summed E-state index contributed by atoms with van der Waals surface area (Å²) in [6.45, 7) is 0.892. The Morgan fingerprint density at radius 2 is 1.61 bits per heavy atom. The summed E-state index contributed by atoms with van der Waals surface area (Å²) in [5, 5.41) is 20.3. The Hall–Kier alpha value is -3.12. The van der Waals surface area contributed by atoms with Gasteiger partial charge in [-0.05, 0) is 24.5 Å². The molecule has 0 bridgehead atoms. The van der Waals surface area contributed by atoms with Crippen LogP contribution in [-0.2, 0) is 9.59 Å². The minimum Gasteiger partial charge on any atom is -0.481 e. The SMILES string of the molecule is O=C(O)C1CCN([C@@H](C(=O)O)c2c(-c3ccccc3)[nH]c3ccccc23)CC1. The number of H-pyrrole nitrogens is 1. The van der Waals surface area contributed by atoms with Gasteiger partial charge in [0.15, 0.2) is 0 Å². The first-order chi connectivity index (χ1) is 13.6. The molecule has 2 heterocycles. The number of carbonyl (C=O) groups is 2. The molecule has 0 spiro atoms. The van der Waals surface area contributed by atoms with Crippen molar-refractivity contribution in [1.82, 2.24) is 9.88 Å². The van der Waals surface area contributed by atoms with Crippen LogP contribution in [0.15, 0.2) is 54.6 Å². The van der Waals surface area contributed by atoms with E-state index in [2.05, 4.69) is 4.98 Å². The van der Waals surface area contributed by atoms with E-state index in [9.17, 15) is 19.8 Å². The van der Waals surface area contributed by atoms with Crippen molar-refractivity contribution in [1.29, 1.82) is 0 Å². The summed E-state index contributed by atoms with van der Waals surface area (Å²) in [5.41, 5.74) is 3.36. The molecule has 1 saturated heterocycles. The smallest absolute Gasteiger partial charge is 0.325 e. The number of fused-ring (bicyclic) bond motifs is 1. The molecule has 3 aromatic rings. The summed E-state index contributed by atoms with van der Waals surface area (Å²) in [6, 6.07) is 16.6. The third-order valence-corrected chi connectivity index (χ3v) is 5.56. The van der Waals surface area contributed by atoms with Crippen molar-refractivity contribution in [3.8, 4) is 11.3 Å². The number of rotatable bonds is 5. The lowest BCUT2D eigenvalue weighted by atomic mass is 9.92. The van der Waals surface area contributed by atoms with E-state index >= 15 is 0 Å². The van der Waals surface area contributed by atoms with Crippen LogP contribution < -0.4 is 0 Å². The van der Waals surface area contributed by atoms with Gasteiger partial charge in [0, 0.05) is 29.6 Å². The lowest BCUT2D eigenvalue weighted by molar-refractivity contribution is -0.146. The highest BCUT2D eigenvalue weighted by molar-refractivity contribution is 5.95. The first-order valence-corrected chi connectivity index (χ1v) is 9.42. The van der Waals surface area contributed by atoms with Crippen LogP contribution in [-0.4, -0.2) is 45.1 Å². The third kappa shape index (κ3) is 3.27. The number of aromatic amines is 1. The Morgan fingerprint density at radius 1 is 0.964 bits per heavy atom. The Balaban J connectivity index is 1.81. The maximum Gasteiger partial charge on any atom is 0.325 e. The first kappa shape index (κ1) is 18.3. The fraction of sp³-hybridized carbons (Fsp3) is 0.273. The Bertz CT molecular complexity index is 1000. The number of aromatic nitrogens is 1. The van der Waals surface area contributed by atoms with E-state index in [-0.39, 0.29) is 0 Å². The molecule has 1 fully saturated rings. The van der Waals surface area contributed by atoms with E-state index in [1.165, 1.54) is 0 Å². The molecule has 0 unspecified atom stereocenters. The molecule has 4 rings (SSSR count). The van der Waals surface area contributed by atoms with Crippen LogP contribution in [0, 0.1) is 5.92 Å². The van der Waals surface area contributed by atoms with Gasteiger partial charge in [0.1, 0.15) is 6.04 Å². The molecule has 144 valence electrons. The normalized spacial score (nSPS) is 16.9. The minimum atomic E-state index is -0.921. The highest BCUT2D eigenvalue weighted by atomic mass is 16.4. The number of piperidine rings is 1. The molecule has 1 aliphatic heterocycles. The van der Waals surface area contributed by atoms with Crippen molar-refractivity contribution in [3.05, 3.63) is 60.2 Å². The van der Waals surface area contributed by atoms with Crippen molar-refractivity contribution in [3.63, 3.8) is 0 Å². The quantitative estimate of drug-likeness (QED) is 0.629. The van der Waals surface area contributed by atoms with Crippen LogP contribution >= 0.6 is 0 Å². The number of benzene rings is 2. The molecule has 0 amide bonds. The maximum atomic E-state index is 12.4. The molecular formula is C22H22N2O4. The van der Waals surface area contributed by atoms with Gasteiger partial charge < -0.3 is 15.2 Å². The van der Waals surface area contributed by atoms with E-state index in [0.29, 0.717) is 25.9 Å². The summed E-state index contributed by atoms with van der Waals surface area (Å²) in [7, 11) is 0. The topological polar surface area (TPSA) is 93.6 Å². The van der Waals surface area contributed by atoms with Crippen LogP contribution in [0.1, 0.15) is 24.4 Å². The number of nitrogens with zero attached hydrogens (tertiary/aromatic N) is 1. The molecule has 1 atom stereocenters. The van der Waals surface area contributed by atoms with Gasteiger partial charge in [-0.3, -0.25) is 14.5 Å². The van der Waals surface area contributed by atoms with Gasteiger partial charge in [-0.25, -0.2) is 0 Å². The van der Waals surface area contributed by atoms with E-state index in [0.717, 1.165) is 27.7 Å². The summed E-state index contributed by atoms with van der Waals surface area (Å²) in [4.78, 5) is 28.9. The number of nitrogens with one attached hydrogen (secondary N) is 1.